The van der Waals surface area contributed by atoms with Crippen molar-refractivity contribution in [3.05, 3.63) is 69.8 Å². The van der Waals surface area contributed by atoms with E-state index in [2.05, 4.69) is 4.98 Å². The molecule has 3 rings (SSSR count). The van der Waals surface area contributed by atoms with Gasteiger partial charge in [-0.1, -0.05) is 0 Å². The van der Waals surface area contributed by atoms with Crippen molar-refractivity contribution in [3.63, 3.8) is 0 Å². The zero-order valence-corrected chi connectivity index (χ0v) is 10.7. The molecule has 2 heterocycles. The van der Waals surface area contributed by atoms with Gasteiger partial charge in [0.1, 0.15) is 5.65 Å². The summed E-state index contributed by atoms with van der Waals surface area (Å²) >= 11 is 0. The third-order valence-electron chi connectivity index (χ3n) is 3.15. The van der Waals surface area contributed by atoms with Crippen LogP contribution in [-0.4, -0.2) is 14.0 Å². The fourth-order valence-corrected chi connectivity index (χ4v) is 2.04. The minimum absolute atomic E-state index is 0.290. The van der Waals surface area contributed by atoms with E-state index in [4.69, 9.17) is 0 Å². The van der Waals surface area contributed by atoms with E-state index in [9.17, 15) is 26.7 Å². The van der Waals surface area contributed by atoms with Crippen molar-refractivity contribution in [1.82, 2.24) is 14.0 Å². The molecule has 0 atom stereocenters. The first-order valence-electron chi connectivity index (χ1n) is 5.94. The highest BCUT2D eigenvalue weighted by Gasteiger charge is 2.26. The fraction of sp³-hybridized carbons (Fsp3) is 0.0769. The summed E-state index contributed by atoms with van der Waals surface area (Å²) in [7, 11) is 0. The molecule has 0 radical (unpaired) electrons. The van der Waals surface area contributed by atoms with Gasteiger partial charge in [0.25, 0.3) is 0 Å². The molecule has 0 aliphatic rings. The number of aromatic nitrogens is 3. The van der Waals surface area contributed by atoms with Gasteiger partial charge < -0.3 is 0 Å². The summed E-state index contributed by atoms with van der Waals surface area (Å²) in [5, 5.41) is 0. The highest BCUT2D eigenvalue weighted by Crippen LogP contribution is 2.23. The molecule has 4 nitrogen and oxygen atoms in total. The SMILES string of the molecule is O=c1n(Cc2c(F)c(F)c(F)c(F)c2F)ccc2nccn12. The number of fused-ring (bicyclic) bond motifs is 1. The summed E-state index contributed by atoms with van der Waals surface area (Å²) in [6.45, 7) is -0.807. The molecular formula is C13H6F5N3O. The van der Waals surface area contributed by atoms with Crippen LogP contribution in [0.3, 0.4) is 0 Å². The van der Waals surface area contributed by atoms with Gasteiger partial charge in [-0.15, -0.1) is 0 Å². The van der Waals surface area contributed by atoms with Gasteiger partial charge in [-0.25, -0.2) is 31.7 Å². The van der Waals surface area contributed by atoms with Crippen LogP contribution >= 0.6 is 0 Å². The summed E-state index contributed by atoms with van der Waals surface area (Å²) in [6.07, 6.45) is 3.80. The monoisotopic (exact) mass is 315 g/mol. The molecule has 2 aromatic heterocycles. The Morgan fingerprint density at radius 2 is 1.50 bits per heavy atom. The topological polar surface area (TPSA) is 39.3 Å². The highest BCUT2D eigenvalue weighted by molar-refractivity contribution is 5.35. The molecule has 3 aromatic rings. The first-order valence-corrected chi connectivity index (χ1v) is 5.94. The van der Waals surface area contributed by atoms with Crippen LogP contribution in [0, 0.1) is 29.1 Å². The van der Waals surface area contributed by atoms with Crippen molar-refractivity contribution in [3.8, 4) is 0 Å². The van der Waals surface area contributed by atoms with Crippen molar-refractivity contribution in [1.29, 1.82) is 0 Å². The van der Waals surface area contributed by atoms with Crippen LogP contribution in [0.25, 0.3) is 5.65 Å². The normalized spacial score (nSPS) is 11.3. The molecule has 0 saturated carbocycles. The average Bonchev–Trinajstić information content (AvgIpc) is 2.99. The maximum atomic E-state index is 13.6. The molecule has 0 aliphatic carbocycles. The molecule has 22 heavy (non-hydrogen) atoms. The van der Waals surface area contributed by atoms with Gasteiger partial charge >= 0.3 is 5.69 Å². The lowest BCUT2D eigenvalue weighted by atomic mass is 10.1. The summed E-state index contributed by atoms with van der Waals surface area (Å²) in [6, 6.07) is 1.37. The minimum Gasteiger partial charge on any atom is -0.296 e. The molecule has 0 aliphatic heterocycles. The second kappa shape index (κ2) is 4.93. The Hall–Kier alpha value is -2.71. The van der Waals surface area contributed by atoms with Crippen LogP contribution < -0.4 is 5.69 Å². The van der Waals surface area contributed by atoms with E-state index in [0.717, 1.165) is 15.2 Å². The Morgan fingerprint density at radius 3 is 2.14 bits per heavy atom. The van der Waals surface area contributed by atoms with Crippen molar-refractivity contribution >= 4 is 5.65 Å². The van der Waals surface area contributed by atoms with Crippen LogP contribution in [0.15, 0.2) is 29.5 Å². The smallest absolute Gasteiger partial charge is 0.296 e. The van der Waals surface area contributed by atoms with Crippen molar-refractivity contribution in [2.24, 2.45) is 0 Å². The molecule has 0 bridgehead atoms. The summed E-state index contributed by atoms with van der Waals surface area (Å²) in [4.78, 5) is 15.9. The molecule has 1 aromatic carbocycles. The van der Waals surface area contributed by atoms with E-state index in [1.165, 1.54) is 18.5 Å². The molecule has 114 valence electrons. The van der Waals surface area contributed by atoms with Crippen LogP contribution in [0.4, 0.5) is 22.0 Å². The molecule has 0 fully saturated rings. The first-order chi connectivity index (χ1) is 10.4. The highest BCUT2D eigenvalue weighted by atomic mass is 19.2. The lowest BCUT2D eigenvalue weighted by Crippen LogP contribution is -2.27. The van der Waals surface area contributed by atoms with E-state index in [1.807, 2.05) is 0 Å². The van der Waals surface area contributed by atoms with Gasteiger partial charge in [-0.2, -0.15) is 0 Å². The average molecular weight is 315 g/mol. The Kier molecular flexibility index (Phi) is 3.19. The van der Waals surface area contributed by atoms with Gasteiger partial charge in [0, 0.05) is 24.2 Å². The van der Waals surface area contributed by atoms with Gasteiger partial charge in [0.15, 0.2) is 23.3 Å². The van der Waals surface area contributed by atoms with E-state index >= 15 is 0 Å². The lowest BCUT2D eigenvalue weighted by Gasteiger charge is -2.10. The first kappa shape index (κ1) is 14.2. The van der Waals surface area contributed by atoms with Crippen LogP contribution in [0.1, 0.15) is 5.56 Å². The van der Waals surface area contributed by atoms with Crippen LogP contribution in [-0.2, 0) is 6.54 Å². The number of nitrogens with zero attached hydrogens (tertiary/aromatic N) is 3. The van der Waals surface area contributed by atoms with Crippen molar-refractivity contribution in [2.75, 3.05) is 0 Å². The third-order valence-corrected chi connectivity index (χ3v) is 3.15. The molecular weight excluding hydrogens is 309 g/mol. The minimum atomic E-state index is -2.24. The zero-order chi connectivity index (χ0) is 16.0. The standard InChI is InChI=1S/C13H6F5N3O/c14-8-6(9(15)11(17)12(18)10(8)16)5-20-3-1-7-19-2-4-21(7)13(20)22/h1-4H,5H2. The molecule has 9 heteroatoms. The van der Waals surface area contributed by atoms with Crippen LogP contribution in [0.2, 0.25) is 0 Å². The molecule has 0 spiro atoms. The quantitative estimate of drug-likeness (QED) is 0.413. The fourth-order valence-electron chi connectivity index (χ4n) is 2.04. The lowest BCUT2D eigenvalue weighted by molar-refractivity contribution is 0.367. The molecule has 0 saturated heterocycles. The van der Waals surface area contributed by atoms with Crippen molar-refractivity contribution in [2.45, 2.75) is 6.54 Å². The molecule has 0 N–H and O–H groups in total. The number of hydrogen-bond donors (Lipinski definition) is 0. The zero-order valence-electron chi connectivity index (χ0n) is 10.7. The number of hydrogen-bond acceptors (Lipinski definition) is 2. The van der Waals surface area contributed by atoms with Crippen molar-refractivity contribution < 1.29 is 22.0 Å². The third kappa shape index (κ3) is 1.97. The maximum Gasteiger partial charge on any atom is 0.334 e. The Balaban J connectivity index is 2.17. The maximum absolute atomic E-state index is 13.6. The summed E-state index contributed by atoms with van der Waals surface area (Å²) in [5.41, 5.74) is -1.52. The van der Waals surface area contributed by atoms with E-state index < -0.39 is 46.9 Å². The number of rotatable bonds is 2. The second-order valence-corrected chi connectivity index (χ2v) is 4.43. The molecule has 0 unspecified atom stereocenters. The second-order valence-electron chi connectivity index (χ2n) is 4.43. The van der Waals surface area contributed by atoms with Crippen LogP contribution in [0.5, 0.6) is 0 Å². The largest absolute Gasteiger partial charge is 0.334 e. The summed E-state index contributed by atoms with van der Waals surface area (Å²) in [5.74, 6) is -10.3. The predicted octanol–water partition coefficient (Wildman–Crippen LogP) is 2.24. The number of halogens is 5. The van der Waals surface area contributed by atoms with Gasteiger partial charge in [-0.05, 0) is 6.07 Å². The Morgan fingerprint density at radius 1 is 0.909 bits per heavy atom. The number of imidazole rings is 1. The summed E-state index contributed by atoms with van der Waals surface area (Å²) < 4.78 is 68.4. The molecule has 0 amide bonds. The number of benzene rings is 1. The predicted molar refractivity (Wildman–Crippen MR) is 64.8 cm³/mol. The van der Waals surface area contributed by atoms with Gasteiger partial charge in [0.05, 0.1) is 6.54 Å². The van der Waals surface area contributed by atoms with Gasteiger partial charge in [-0.3, -0.25) is 8.97 Å². The van der Waals surface area contributed by atoms with E-state index in [1.54, 1.807) is 0 Å². The van der Waals surface area contributed by atoms with Gasteiger partial charge in [0.2, 0.25) is 5.82 Å². The Bertz CT molecular complexity index is 918. The Labute approximate surface area is 119 Å². The van der Waals surface area contributed by atoms with E-state index in [-0.39, 0.29) is 0 Å². The van der Waals surface area contributed by atoms with E-state index in [0.29, 0.717) is 5.65 Å².